The average molecular weight is 348 g/mol. The predicted molar refractivity (Wildman–Crippen MR) is 86.9 cm³/mol. The molecule has 6 N–H and O–H groups in total. The number of hydrogen-bond donors (Lipinski definition) is 6. The summed E-state index contributed by atoms with van der Waals surface area (Å²) in [4.78, 5) is 45.3. The Morgan fingerprint density at radius 3 is 2.17 bits per heavy atom. The van der Waals surface area contributed by atoms with E-state index < -0.39 is 48.9 Å². The number of carboxylic acid groups (broad SMARTS) is 1. The third kappa shape index (κ3) is 9.74. The van der Waals surface area contributed by atoms with Gasteiger partial charge in [-0.15, -0.1) is 0 Å². The molecule has 0 heterocycles. The summed E-state index contributed by atoms with van der Waals surface area (Å²) < 4.78 is 0. The molecule has 3 amide bonds. The first kappa shape index (κ1) is 21.2. The van der Waals surface area contributed by atoms with Crippen LogP contribution in [0.5, 0.6) is 0 Å². The Labute approximate surface area is 140 Å². The quantitative estimate of drug-likeness (QED) is 0.254. The van der Waals surface area contributed by atoms with E-state index in [4.69, 9.17) is 10.8 Å². The lowest BCUT2D eigenvalue weighted by molar-refractivity contribution is -0.138. The van der Waals surface area contributed by atoms with Crippen molar-refractivity contribution < 1.29 is 24.3 Å². The molecule has 0 saturated carbocycles. The van der Waals surface area contributed by atoms with E-state index in [0.717, 1.165) is 0 Å². The third-order valence-corrected chi connectivity index (χ3v) is 3.10. The minimum absolute atomic E-state index is 0.0305. The maximum absolute atomic E-state index is 11.9. The fourth-order valence-electron chi connectivity index (χ4n) is 1.62. The zero-order chi connectivity index (χ0) is 18.0. The van der Waals surface area contributed by atoms with Gasteiger partial charge in [-0.3, -0.25) is 19.2 Å². The van der Waals surface area contributed by atoms with Gasteiger partial charge in [0.1, 0.15) is 12.6 Å². The summed E-state index contributed by atoms with van der Waals surface area (Å²) in [6, 6.07) is -1.67. The fourth-order valence-corrected chi connectivity index (χ4v) is 1.87. The lowest BCUT2D eigenvalue weighted by Crippen LogP contribution is -2.53. The first-order valence-corrected chi connectivity index (χ1v) is 7.73. The summed E-state index contributed by atoms with van der Waals surface area (Å²) in [7, 11) is 0. The molecule has 0 saturated heterocycles. The van der Waals surface area contributed by atoms with Crippen molar-refractivity contribution in [3.63, 3.8) is 0 Å². The summed E-state index contributed by atoms with van der Waals surface area (Å²) in [5.74, 6) is -2.65. The molecule has 132 valence electrons. The molecule has 0 aliphatic heterocycles. The van der Waals surface area contributed by atoms with Gasteiger partial charge in [-0.2, -0.15) is 12.6 Å². The van der Waals surface area contributed by atoms with Crippen molar-refractivity contribution in [2.45, 2.75) is 32.4 Å². The molecule has 0 aliphatic rings. The second-order valence-corrected chi connectivity index (χ2v) is 5.73. The maximum Gasteiger partial charge on any atom is 0.322 e. The van der Waals surface area contributed by atoms with Crippen LogP contribution in [0.4, 0.5) is 0 Å². The smallest absolute Gasteiger partial charge is 0.322 e. The zero-order valence-electron chi connectivity index (χ0n) is 13.2. The SMILES string of the molecule is CC(C)CC(N)C(=O)NC(CS)C(=O)NCC(=O)NCC(=O)O. The molecule has 0 fully saturated rings. The number of thiol groups is 1. The number of hydrogen-bond acceptors (Lipinski definition) is 6. The van der Waals surface area contributed by atoms with Gasteiger partial charge < -0.3 is 26.8 Å². The summed E-state index contributed by atoms with van der Waals surface area (Å²) in [6.45, 7) is 2.91. The number of aliphatic carboxylic acids is 1. The molecule has 0 spiro atoms. The summed E-state index contributed by atoms with van der Waals surface area (Å²) in [5.41, 5.74) is 5.72. The number of carboxylic acids is 1. The maximum atomic E-state index is 11.9. The highest BCUT2D eigenvalue weighted by Gasteiger charge is 2.23. The molecular formula is C13H24N4O5S. The Morgan fingerprint density at radius 1 is 1.09 bits per heavy atom. The summed E-state index contributed by atoms with van der Waals surface area (Å²) >= 11 is 3.99. The summed E-state index contributed by atoms with van der Waals surface area (Å²) in [6.07, 6.45) is 0.477. The standard InChI is InChI=1S/C13H24N4O5S/c1-7(2)3-8(14)12(21)17-9(6-23)13(22)16-4-10(18)15-5-11(19)20/h7-9,23H,3-6,14H2,1-2H3,(H,15,18)(H,16,22)(H,17,21)(H,19,20). The van der Waals surface area contributed by atoms with Crippen LogP contribution in [0.25, 0.3) is 0 Å². The largest absolute Gasteiger partial charge is 0.480 e. The van der Waals surface area contributed by atoms with E-state index in [-0.39, 0.29) is 11.7 Å². The van der Waals surface area contributed by atoms with Crippen molar-refractivity contribution in [3.8, 4) is 0 Å². The van der Waals surface area contributed by atoms with Crippen LogP contribution in [-0.2, 0) is 19.2 Å². The molecule has 0 aromatic heterocycles. The molecule has 9 nitrogen and oxygen atoms in total. The van der Waals surface area contributed by atoms with E-state index in [2.05, 4.69) is 28.6 Å². The fraction of sp³-hybridized carbons (Fsp3) is 0.692. The van der Waals surface area contributed by atoms with Crippen LogP contribution >= 0.6 is 12.6 Å². The van der Waals surface area contributed by atoms with Gasteiger partial charge in [0.2, 0.25) is 17.7 Å². The average Bonchev–Trinajstić information content (AvgIpc) is 2.46. The van der Waals surface area contributed by atoms with Gasteiger partial charge in [0.05, 0.1) is 12.6 Å². The molecule has 0 rings (SSSR count). The predicted octanol–water partition coefficient (Wildman–Crippen LogP) is -1.91. The Kier molecular flexibility index (Phi) is 9.99. The van der Waals surface area contributed by atoms with Crippen LogP contribution in [0, 0.1) is 5.92 Å². The van der Waals surface area contributed by atoms with Gasteiger partial charge in [-0.1, -0.05) is 13.8 Å². The first-order valence-electron chi connectivity index (χ1n) is 7.10. The van der Waals surface area contributed by atoms with Gasteiger partial charge in [-0.25, -0.2) is 0 Å². The van der Waals surface area contributed by atoms with E-state index in [1.165, 1.54) is 0 Å². The number of carbonyl (C=O) groups excluding carboxylic acids is 3. The molecule has 23 heavy (non-hydrogen) atoms. The van der Waals surface area contributed by atoms with E-state index in [0.29, 0.717) is 6.42 Å². The molecule has 0 bridgehead atoms. The number of nitrogens with one attached hydrogen (secondary N) is 3. The number of amides is 3. The van der Waals surface area contributed by atoms with E-state index in [9.17, 15) is 19.2 Å². The Hall–Kier alpha value is -1.81. The highest BCUT2D eigenvalue weighted by molar-refractivity contribution is 7.80. The van der Waals surface area contributed by atoms with Gasteiger partial charge in [0, 0.05) is 5.75 Å². The van der Waals surface area contributed by atoms with Gasteiger partial charge in [0.15, 0.2) is 0 Å². The van der Waals surface area contributed by atoms with E-state index in [1.54, 1.807) is 0 Å². The highest BCUT2D eigenvalue weighted by Crippen LogP contribution is 2.03. The molecule has 0 aliphatic carbocycles. The second kappa shape index (κ2) is 10.8. The van der Waals surface area contributed by atoms with Crippen LogP contribution in [-0.4, -0.2) is 59.7 Å². The normalized spacial score (nSPS) is 13.1. The van der Waals surface area contributed by atoms with Crippen LogP contribution in [0.2, 0.25) is 0 Å². The Morgan fingerprint density at radius 2 is 1.70 bits per heavy atom. The van der Waals surface area contributed by atoms with Gasteiger partial charge >= 0.3 is 5.97 Å². The third-order valence-electron chi connectivity index (χ3n) is 2.74. The van der Waals surface area contributed by atoms with Crippen molar-refractivity contribution >= 4 is 36.3 Å². The van der Waals surface area contributed by atoms with Crippen LogP contribution in [0.15, 0.2) is 0 Å². The topological polar surface area (TPSA) is 151 Å². The molecule has 2 atom stereocenters. The zero-order valence-corrected chi connectivity index (χ0v) is 14.1. The molecular weight excluding hydrogens is 324 g/mol. The molecule has 10 heteroatoms. The Bertz CT molecular complexity index is 444. The van der Waals surface area contributed by atoms with Crippen molar-refractivity contribution in [1.82, 2.24) is 16.0 Å². The van der Waals surface area contributed by atoms with Crippen molar-refractivity contribution in [2.24, 2.45) is 11.7 Å². The van der Waals surface area contributed by atoms with Crippen molar-refractivity contribution in [1.29, 1.82) is 0 Å². The van der Waals surface area contributed by atoms with Gasteiger partial charge in [-0.05, 0) is 12.3 Å². The van der Waals surface area contributed by atoms with E-state index >= 15 is 0 Å². The second-order valence-electron chi connectivity index (χ2n) is 5.37. The minimum atomic E-state index is -1.19. The van der Waals surface area contributed by atoms with Crippen molar-refractivity contribution in [3.05, 3.63) is 0 Å². The summed E-state index contributed by atoms with van der Waals surface area (Å²) in [5, 5.41) is 15.3. The van der Waals surface area contributed by atoms with Gasteiger partial charge in [0.25, 0.3) is 0 Å². The number of nitrogens with two attached hydrogens (primary N) is 1. The van der Waals surface area contributed by atoms with Crippen LogP contribution in [0.1, 0.15) is 20.3 Å². The molecule has 0 aromatic carbocycles. The van der Waals surface area contributed by atoms with Crippen molar-refractivity contribution in [2.75, 3.05) is 18.8 Å². The monoisotopic (exact) mass is 348 g/mol. The highest BCUT2D eigenvalue weighted by atomic mass is 32.1. The number of rotatable bonds is 10. The van der Waals surface area contributed by atoms with E-state index in [1.807, 2.05) is 13.8 Å². The molecule has 0 radical (unpaired) electrons. The lowest BCUT2D eigenvalue weighted by atomic mass is 10.0. The minimum Gasteiger partial charge on any atom is -0.480 e. The lowest BCUT2D eigenvalue weighted by Gasteiger charge is -2.20. The van der Waals surface area contributed by atoms with Crippen LogP contribution < -0.4 is 21.7 Å². The van der Waals surface area contributed by atoms with Crippen LogP contribution in [0.3, 0.4) is 0 Å². The Balaban J connectivity index is 4.33. The molecule has 2 unspecified atom stereocenters. The molecule has 0 aromatic rings. The number of carbonyl (C=O) groups is 4. The first-order chi connectivity index (χ1) is 10.7.